The molecule has 0 saturated heterocycles. The minimum absolute atomic E-state index is 0.0482. The zero-order valence-electron chi connectivity index (χ0n) is 19.8. The molecule has 0 spiro atoms. The van der Waals surface area contributed by atoms with Crippen molar-refractivity contribution in [3.63, 3.8) is 0 Å². The molecule has 35 heavy (non-hydrogen) atoms. The van der Waals surface area contributed by atoms with Gasteiger partial charge in [0, 0.05) is 5.41 Å². The minimum Gasteiger partial charge on any atom is -0.355 e. The largest absolute Gasteiger partial charge is 0.355 e. The number of hydrazone groups is 1. The van der Waals surface area contributed by atoms with Crippen LogP contribution in [-0.2, 0) is 19.9 Å². The summed E-state index contributed by atoms with van der Waals surface area (Å²) >= 11 is 0. The standard InChI is InChI=1S/C25H27F2N5O3/c1-4-19(23(34)28-12-13-10-20(33)31-29-13)35-25-9-8-15(24(25,2)3)14-11-18(30-32-22(14)25)21-16(26)6-5-7-17(21)27/h5-7,11,15,19H,4,8-10,12H2,1-3H3,(H,28,34)(H,31,33)/t15-,19+,25-/m0/s1. The van der Waals surface area contributed by atoms with E-state index in [1.807, 2.05) is 6.92 Å². The van der Waals surface area contributed by atoms with Gasteiger partial charge in [-0.15, -0.1) is 5.10 Å². The zero-order chi connectivity index (χ0) is 25.0. The van der Waals surface area contributed by atoms with Gasteiger partial charge in [-0.05, 0) is 48.9 Å². The Bertz CT molecular complexity index is 1230. The number of hydrogen-bond acceptors (Lipinski definition) is 6. The Balaban J connectivity index is 1.43. The predicted molar refractivity (Wildman–Crippen MR) is 123 cm³/mol. The van der Waals surface area contributed by atoms with E-state index in [0.717, 1.165) is 12.0 Å². The number of nitrogens with one attached hydrogen (secondary N) is 2. The van der Waals surface area contributed by atoms with Crippen LogP contribution >= 0.6 is 0 Å². The van der Waals surface area contributed by atoms with E-state index in [1.54, 1.807) is 6.07 Å². The normalized spacial score (nSPS) is 24.7. The minimum atomic E-state index is -0.854. The maximum absolute atomic E-state index is 14.4. The maximum atomic E-state index is 14.4. The molecule has 1 fully saturated rings. The Kier molecular flexibility index (Phi) is 5.66. The van der Waals surface area contributed by atoms with Crippen LogP contribution in [0.15, 0.2) is 29.4 Å². The third-order valence-electron chi connectivity index (χ3n) is 7.67. The molecule has 3 aliphatic rings. The lowest BCUT2D eigenvalue weighted by atomic mass is 9.77. The second-order valence-electron chi connectivity index (χ2n) is 9.89. The fraction of sp³-hybridized carbons (Fsp3) is 0.480. The fourth-order valence-electron chi connectivity index (χ4n) is 5.77. The quantitative estimate of drug-likeness (QED) is 0.629. The second kappa shape index (κ2) is 8.44. The first-order chi connectivity index (χ1) is 16.7. The number of nitrogens with zero attached hydrogens (tertiary/aromatic N) is 3. The van der Waals surface area contributed by atoms with Crippen molar-refractivity contribution < 1.29 is 23.1 Å². The third kappa shape index (κ3) is 3.62. The Morgan fingerprint density at radius 3 is 2.69 bits per heavy atom. The van der Waals surface area contributed by atoms with Crippen molar-refractivity contribution in [1.82, 2.24) is 20.9 Å². The Morgan fingerprint density at radius 1 is 1.29 bits per heavy atom. The number of fused-ring (bicyclic) bond motifs is 5. The molecule has 1 aliphatic heterocycles. The first kappa shape index (κ1) is 23.5. The van der Waals surface area contributed by atoms with Crippen LogP contribution in [0.2, 0.25) is 0 Å². The van der Waals surface area contributed by atoms with E-state index in [-0.39, 0.29) is 42.0 Å². The molecule has 2 amide bonds. The number of rotatable bonds is 7. The van der Waals surface area contributed by atoms with Crippen molar-refractivity contribution in [1.29, 1.82) is 0 Å². The fourth-order valence-corrected chi connectivity index (χ4v) is 5.77. The number of carbonyl (C=O) groups excluding carboxylic acids is 2. The molecule has 2 aromatic rings. The van der Waals surface area contributed by atoms with Gasteiger partial charge in [0.15, 0.2) is 0 Å². The molecule has 0 unspecified atom stereocenters. The van der Waals surface area contributed by atoms with Crippen LogP contribution < -0.4 is 10.7 Å². The number of benzene rings is 1. The summed E-state index contributed by atoms with van der Waals surface area (Å²) in [6.07, 6.45) is 1.29. The number of halogens is 2. The van der Waals surface area contributed by atoms with Gasteiger partial charge in [-0.2, -0.15) is 10.2 Å². The summed E-state index contributed by atoms with van der Waals surface area (Å²) in [4.78, 5) is 24.3. The first-order valence-electron chi connectivity index (χ1n) is 11.8. The van der Waals surface area contributed by atoms with Crippen molar-refractivity contribution in [3.8, 4) is 11.3 Å². The molecule has 10 heteroatoms. The van der Waals surface area contributed by atoms with Gasteiger partial charge >= 0.3 is 0 Å². The van der Waals surface area contributed by atoms with Gasteiger partial charge in [-0.1, -0.05) is 26.8 Å². The molecule has 1 aromatic heterocycles. The van der Waals surface area contributed by atoms with Gasteiger partial charge in [0.2, 0.25) is 11.8 Å². The number of aromatic nitrogens is 2. The monoisotopic (exact) mass is 483 g/mol. The molecule has 3 atom stereocenters. The van der Waals surface area contributed by atoms with E-state index in [9.17, 15) is 18.4 Å². The second-order valence-corrected chi connectivity index (χ2v) is 9.89. The van der Waals surface area contributed by atoms with Crippen molar-refractivity contribution in [2.24, 2.45) is 10.5 Å². The highest BCUT2D eigenvalue weighted by atomic mass is 19.1. The molecule has 2 bridgehead atoms. The van der Waals surface area contributed by atoms with E-state index < -0.39 is 28.8 Å². The number of ether oxygens (including phenoxy) is 1. The van der Waals surface area contributed by atoms with Crippen LogP contribution in [-0.4, -0.2) is 40.4 Å². The first-order valence-corrected chi connectivity index (χ1v) is 11.8. The Labute approximate surface area is 201 Å². The molecule has 184 valence electrons. The van der Waals surface area contributed by atoms with E-state index in [4.69, 9.17) is 4.74 Å². The van der Waals surface area contributed by atoms with Crippen LogP contribution in [0, 0.1) is 17.0 Å². The van der Waals surface area contributed by atoms with Crippen molar-refractivity contribution >= 4 is 17.5 Å². The predicted octanol–water partition coefficient (Wildman–Crippen LogP) is 3.32. The SMILES string of the molecule is CC[C@@H](O[C@@]12CC[C@@H](c3cc(-c4c(F)cccc4F)nnc31)C2(C)C)C(=O)NCC1=NNC(=O)C1. The maximum Gasteiger partial charge on any atom is 0.249 e. The molecular weight excluding hydrogens is 456 g/mol. The summed E-state index contributed by atoms with van der Waals surface area (Å²) in [6.45, 7) is 6.17. The summed E-state index contributed by atoms with van der Waals surface area (Å²) in [5.41, 5.74) is 3.08. The lowest BCUT2D eigenvalue weighted by Crippen LogP contribution is -2.47. The van der Waals surface area contributed by atoms with Gasteiger partial charge in [0.25, 0.3) is 0 Å². The van der Waals surface area contributed by atoms with E-state index in [0.29, 0.717) is 24.2 Å². The van der Waals surface area contributed by atoms with Crippen molar-refractivity contribution in [3.05, 3.63) is 47.2 Å². The van der Waals surface area contributed by atoms with E-state index >= 15 is 0 Å². The van der Waals surface area contributed by atoms with Gasteiger partial charge < -0.3 is 10.1 Å². The van der Waals surface area contributed by atoms with Crippen LogP contribution in [0.5, 0.6) is 0 Å². The highest BCUT2D eigenvalue weighted by Crippen LogP contribution is 2.68. The summed E-state index contributed by atoms with van der Waals surface area (Å²) in [5.74, 6) is -1.84. The molecule has 2 heterocycles. The summed E-state index contributed by atoms with van der Waals surface area (Å²) in [7, 11) is 0. The summed E-state index contributed by atoms with van der Waals surface area (Å²) in [6, 6.07) is 5.42. The third-order valence-corrected chi connectivity index (χ3v) is 7.67. The van der Waals surface area contributed by atoms with Gasteiger partial charge in [-0.25, -0.2) is 14.2 Å². The van der Waals surface area contributed by atoms with Crippen LogP contribution in [0.1, 0.15) is 63.6 Å². The molecule has 0 radical (unpaired) electrons. The zero-order valence-corrected chi connectivity index (χ0v) is 19.8. The highest BCUT2D eigenvalue weighted by Gasteiger charge is 2.65. The number of amides is 2. The van der Waals surface area contributed by atoms with E-state index in [2.05, 4.69) is 39.9 Å². The van der Waals surface area contributed by atoms with Gasteiger partial charge in [0.05, 0.1) is 35.6 Å². The van der Waals surface area contributed by atoms with Gasteiger partial charge in [0.1, 0.15) is 23.3 Å². The molecule has 2 aliphatic carbocycles. The summed E-state index contributed by atoms with van der Waals surface area (Å²) in [5, 5.41) is 15.3. The molecule has 5 rings (SSSR count). The number of carbonyl (C=O) groups is 2. The highest BCUT2D eigenvalue weighted by molar-refractivity contribution is 6.06. The molecule has 1 saturated carbocycles. The average molecular weight is 484 g/mol. The van der Waals surface area contributed by atoms with Crippen molar-refractivity contribution in [2.75, 3.05) is 6.54 Å². The lowest BCUT2D eigenvalue weighted by molar-refractivity contribution is -0.168. The number of hydrogen-bond donors (Lipinski definition) is 2. The topological polar surface area (TPSA) is 106 Å². The molecule has 8 nitrogen and oxygen atoms in total. The van der Waals surface area contributed by atoms with Crippen LogP contribution in [0.3, 0.4) is 0 Å². The average Bonchev–Trinajstić information content (AvgIpc) is 3.41. The van der Waals surface area contributed by atoms with E-state index in [1.165, 1.54) is 18.2 Å². The van der Waals surface area contributed by atoms with Crippen LogP contribution in [0.25, 0.3) is 11.3 Å². The molecular formula is C25H27F2N5O3. The lowest BCUT2D eigenvalue weighted by Gasteiger charge is -2.40. The Hall–Kier alpha value is -3.27. The van der Waals surface area contributed by atoms with Crippen molar-refractivity contribution in [2.45, 2.75) is 64.1 Å². The van der Waals surface area contributed by atoms with Gasteiger partial charge in [-0.3, -0.25) is 9.59 Å². The Morgan fingerprint density at radius 2 is 2.03 bits per heavy atom. The molecule has 1 aromatic carbocycles. The molecule has 2 N–H and O–H groups in total. The van der Waals surface area contributed by atoms with Crippen LogP contribution in [0.4, 0.5) is 8.78 Å². The summed E-state index contributed by atoms with van der Waals surface area (Å²) < 4.78 is 35.4. The smallest absolute Gasteiger partial charge is 0.249 e.